The molecule has 2 rings (SSSR count). The molecule has 0 aromatic heterocycles. The average molecular weight is 317 g/mol. The van der Waals surface area contributed by atoms with Crippen molar-refractivity contribution in [3.63, 3.8) is 0 Å². The average Bonchev–Trinajstić information content (AvgIpc) is 2.61. The van der Waals surface area contributed by atoms with Gasteiger partial charge in [0.15, 0.2) is 0 Å². The fourth-order valence-electron chi connectivity index (χ4n) is 3.64. The Morgan fingerprint density at radius 1 is 1.13 bits per heavy atom. The first-order valence-corrected chi connectivity index (χ1v) is 9.08. The van der Waals surface area contributed by atoms with Crippen molar-refractivity contribution in [3.05, 3.63) is 35.4 Å². The van der Waals surface area contributed by atoms with E-state index in [9.17, 15) is 4.79 Å². The molecule has 1 aromatic rings. The smallest absolute Gasteiger partial charge is 0.305 e. The van der Waals surface area contributed by atoms with E-state index in [2.05, 4.69) is 24.3 Å². The zero-order valence-corrected chi connectivity index (χ0v) is 14.4. The minimum Gasteiger partial charge on any atom is -0.469 e. The molecule has 1 fully saturated rings. The van der Waals surface area contributed by atoms with Crippen LogP contribution in [0.25, 0.3) is 0 Å². The number of ether oxygens (including phenoxy) is 1. The third kappa shape index (κ3) is 5.98. The van der Waals surface area contributed by atoms with E-state index >= 15 is 0 Å². The van der Waals surface area contributed by atoms with Gasteiger partial charge >= 0.3 is 5.97 Å². The van der Waals surface area contributed by atoms with E-state index < -0.39 is 0 Å². The predicted octanol–water partition coefficient (Wildman–Crippen LogP) is 4.20. The standard InChI is InChI=1S/C20H31NO2/c1-23-20(22)14-9-17-7-12-19(13-8-17)18-10-5-16(6-11-18)4-2-3-15-21/h5-6,10-11,17,19H,2-4,7-9,12-15,21H2,1H3. The summed E-state index contributed by atoms with van der Waals surface area (Å²) < 4.78 is 4.73. The highest BCUT2D eigenvalue weighted by Crippen LogP contribution is 2.37. The Morgan fingerprint density at radius 3 is 2.43 bits per heavy atom. The summed E-state index contributed by atoms with van der Waals surface area (Å²) in [6.45, 7) is 0.789. The number of carbonyl (C=O) groups is 1. The number of unbranched alkanes of at least 4 members (excludes halogenated alkanes) is 1. The van der Waals surface area contributed by atoms with Crippen molar-refractivity contribution in [3.8, 4) is 0 Å². The summed E-state index contributed by atoms with van der Waals surface area (Å²) in [5, 5.41) is 0. The van der Waals surface area contributed by atoms with Crippen LogP contribution in [0.3, 0.4) is 0 Å². The summed E-state index contributed by atoms with van der Waals surface area (Å²) >= 11 is 0. The van der Waals surface area contributed by atoms with Gasteiger partial charge in [-0.05, 0) is 80.9 Å². The Kier molecular flexibility index (Phi) is 7.60. The maximum Gasteiger partial charge on any atom is 0.305 e. The third-order valence-electron chi connectivity index (χ3n) is 5.20. The van der Waals surface area contributed by atoms with Crippen molar-refractivity contribution in [1.29, 1.82) is 0 Å². The Bertz CT molecular complexity index is 461. The van der Waals surface area contributed by atoms with Gasteiger partial charge < -0.3 is 10.5 Å². The summed E-state index contributed by atoms with van der Waals surface area (Å²) in [7, 11) is 1.47. The second-order valence-corrected chi connectivity index (χ2v) is 6.82. The topological polar surface area (TPSA) is 52.3 Å². The van der Waals surface area contributed by atoms with E-state index in [0.29, 0.717) is 18.3 Å². The van der Waals surface area contributed by atoms with Crippen molar-refractivity contribution in [2.45, 2.75) is 63.7 Å². The first-order chi connectivity index (χ1) is 11.2. The number of hydrogen-bond acceptors (Lipinski definition) is 3. The van der Waals surface area contributed by atoms with Gasteiger partial charge in [0, 0.05) is 6.42 Å². The highest BCUT2D eigenvalue weighted by molar-refractivity contribution is 5.69. The number of rotatable bonds is 8. The number of methoxy groups -OCH3 is 1. The maximum absolute atomic E-state index is 11.2. The minimum absolute atomic E-state index is 0.0719. The maximum atomic E-state index is 11.2. The molecule has 1 aliphatic rings. The lowest BCUT2D eigenvalue weighted by Crippen LogP contribution is -2.15. The molecule has 0 aliphatic heterocycles. The van der Waals surface area contributed by atoms with E-state index in [1.165, 1.54) is 50.3 Å². The molecule has 0 bridgehead atoms. The number of aryl methyl sites for hydroxylation is 1. The molecular formula is C20H31NO2. The van der Waals surface area contributed by atoms with Crippen LogP contribution in [0, 0.1) is 5.92 Å². The van der Waals surface area contributed by atoms with Crippen molar-refractivity contribution in [2.75, 3.05) is 13.7 Å². The molecule has 23 heavy (non-hydrogen) atoms. The van der Waals surface area contributed by atoms with Gasteiger partial charge in [-0.25, -0.2) is 0 Å². The molecule has 3 heteroatoms. The molecule has 0 radical (unpaired) electrons. The van der Waals surface area contributed by atoms with Crippen LogP contribution in [0.15, 0.2) is 24.3 Å². The Balaban J connectivity index is 1.75. The number of benzene rings is 1. The van der Waals surface area contributed by atoms with Crippen LogP contribution in [0.5, 0.6) is 0 Å². The monoisotopic (exact) mass is 317 g/mol. The van der Waals surface area contributed by atoms with Gasteiger partial charge in [-0.15, -0.1) is 0 Å². The third-order valence-corrected chi connectivity index (χ3v) is 5.20. The van der Waals surface area contributed by atoms with Crippen LogP contribution in [0.2, 0.25) is 0 Å². The van der Waals surface area contributed by atoms with Crippen LogP contribution in [0.4, 0.5) is 0 Å². The molecule has 0 spiro atoms. The lowest BCUT2D eigenvalue weighted by atomic mass is 9.77. The van der Waals surface area contributed by atoms with Crippen molar-refractivity contribution < 1.29 is 9.53 Å². The van der Waals surface area contributed by atoms with E-state index in [1.807, 2.05) is 0 Å². The fourth-order valence-corrected chi connectivity index (χ4v) is 3.64. The van der Waals surface area contributed by atoms with Crippen LogP contribution in [-0.2, 0) is 16.0 Å². The Hall–Kier alpha value is -1.35. The molecule has 1 saturated carbocycles. The second-order valence-electron chi connectivity index (χ2n) is 6.82. The van der Waals surface area contributed by atoms with Gasteiger partial charge in [-0.2, -0.15) is 0 Å². The van der Waals surface area contributed by atoms with Gasteiger partial charge in [0.1, 0.15) is 0 Å². The highest BCUT2D eigenvalue weighted by atomic mass is 16.5. The van der Waals surface area contributed by atoms with Crippen molar-refractivity contribution in [1.82, 2.24) is 0 Å². The lowest BCUT2D eigenvalue weighted by molar-refractivity contribution is -0.141. The second kappa shape index (κ2) is 9.71. The first-order valence-electron chi connectivity index (χ1n) is 9.08. The summed E-state index contributed by atoms with van der Waals surface area (Å²) in [6, 6.07) is 9.21. The zero-order chi connectivity index (χ0) is 16.5. The molecular weight excluding hydrogens is 286 g/mol. The van der Waals surface area contributed by atoms with Gasteiger partial charge in [0.2, 0.25) is 0 Å². The largest absolute Gasteiger partial charge is 0.469 e. The normalized spacial score (nSPS) is 21.1. The van der Waals surface area contributed by atoms with Crippen molar-refractivity contribution in [2.24, 2.45) is 11.7 Å². The SMILES string of the molecule is COC(=O)CCC1CCC(c2ccc(CCCCN)cc2)CC1. The van der Waals surface area contributed by atoms with E-state index in [-0.39, 0.29) is 5.97 Å². The predicted molar refractivity (Wildman–Crippen MR) is 94.4 cm³/mol. The summed E-state index contributed by atoms with van der Waals surface area (Å²) in [5.41, 5.74) is 8.46. The molecule has 0 atom stereocenters. The molecule has 128 valence electrons. The molecule has 1 aliphatic carbocycles. The van der Waals surface area contributed by atoms with Crippen LogP contribution in [0.1, 0.15) is 68.4 Å². The molecule has 0 unspecified atom stereocenters. The quantitative estimate of drug-likeness (QED) is 0.577. The minimum atomic E-state index is -0.0719. The van der Waals surface area contributed by atoms with Crippen LogP contribution in [-0.4, -0.2) is 19.6 Å². The number of hydrogen-bond donors (Lipinski definition) is 1. The highest BCUT2D eigenvalue weighted by Gasteiger charge is 2.22. The van der Waals surface area contributed by atoms with Crippen molar-refractivity contribution >= 4 is 5.97 Å². The molecule has 3 nitrogen and oxygen atoms in total. The molecule has 0 saturated heterocycles. The Labute approximate surface area is 140 Å². The van der Waals surface area contributed by atoms with Crippen LogP contribution < -0.4 is 5.73 Å². The lowest BCUT2D eigenvalue weighted by Gasteiger charge is -2.28. The summed E-state index contributed by atoms with van der Waals surface area (Å²) in [4.78, 5) is 11.2. The van der Waals surface area contributed by atoms with Gasteiger partial charge in [0.05, 0.1) is 7.11 Å². The molecule has 1 aromatic carbocycles. The van der Waals surface area contributed by atoms with E-state index in [0.717, 1.165) is 25.8 Å². The number of nitrogens with two attached hydrogens (primary N) is 1. The van der Waals surface area contributed by atoms with Gasteiger partial charge in [-0.1, -0.05) is 24.3 Å². The van der Waals surface area contributed by atoms with Gasteiger partial charge in [0.25, 0.3) is 0 Å². The molecule has 0 amide bonds. The van der Waals surface area contributed by atoms with Crippen LogP contribution >= 0.6 is 0 Å². The molecule has 2 N–H and O–H groups in total. The zero-order valence-electron chi connectivity index (χ0n) is 14.4. The van der Waals surface area contributed by atoms with E-state index in [1.54, 1.807) is 0 Å². The fraction of sp³-hybridized carbons (Fsp3) is 0.650. The number of esters is 1. The molecule has 0 heterocycles. The first kappa shape index (κ1) is 18.0. The Morgan fingerprint density at radius 2 is 1.83 bits per heavy atom. The van der Waals surface area contributed by atoms with E-state index in [4.69, 9.17) is 10.5 Å². The number of carbonyl (C=O) groups excluding carboxylic acids is 1. The van der Waals surface area contributed by atoms with Gasteiger partial charge in [-0.3, -0.25) is 4.79 Å². The summed E-state index contributed by atoms with van der Waals surface area (Å²) in [5.74, 6) is 1.32. The summed E-state index contributed by atoms with van der Waals surface area (Å²) in [6.07, 6.45) is 9.95.